The van der Waals surface area contributed by atoms with Gasteiger partial charge in [-0.2, -0.15) is 0 Å². The number of aromatic nitrogens is 2. The van der Waals surface area contributed by atoms with Crippen molar-refractivity contribution in [3.05, 3.63) is 17.7 Å². The van der Waals surface area contributed by atoms with Crippen molar-refractivity contribution in [1.82, 2.24) is 14.5 Å². The highest BCUT2D eigenvalue weighted by Crippen LogP contribution is 2.29. The van der Waals surface area contributed by atoms with Crippen molar-refractivity contribution in [2.75, 3.05) is 19.6 Å². The van der Waals surface area contributed by atoms with Gasteiger partial charge in [-0.05, 0) is 32.4 Å². The first-order valence-electron chi connectivity index (χ1n) is 6.72. The van der Waals surface area contributed by atoms with Crippen LogP contribution in [0.4, 0.5) is 0 Å². The molecule has 0 amide bonds. The Morgan fingerprint density at radius 1 is 1.41 bits per heavy atom. The van der Waals surface area contributed by atoms with E-state index in [0.29, 0.717) is 5.92 Å². The van der Waals surface area contributed by atoms with Gasteiger partial charge in [0.05, 0.1) is 12.6 Å². The number of nitrogens with zero attached hydrogens (tertiary/aromatic N) is 3. The quantitative estimate of drug-likeness (QED) is 0.831. The first kappa shape index (κ1) is 11.2. The molecule has 3 heterocycles. The summed E-state index contributed by atoms with van der Waals surface area (Å²) in [4.78, 5) is 7.09. The van der Waals surface area contributed by atoms with Gasteiger partial charge in [0.15, 0.2) is 0 Å². The monoisotopic (exact) mass is 235 g/mol. The predicted octanol–water partition coefficient (Wildman–Crippen LogP) is 0.999. The van der Waals surface area contributed by atoms with Crippen LogP contribution >= 0.6 is 0 Å². The minimum Gasteiger partial charge on any atom is -0.391 e. The average Bonchev–Trinajstić information content (AvgIpc) is 2.93. The molecule has 1 aromatic heterocycles. The van der Waals surface area contributed by atoms with Crippen LogP contribution in [0.25, 0.3) is 0 Å². The highest BCUT2D eigenvalue weighted by Gasteiger charge is 2.29. The second kappa shape index (κ2) is 4.42. The van der Waals surface area contributed by atoms with E-state index in [1.54, 1.807) is 0 Å². The molecule has 0 aromatic carbocycles. The lowest BCUT2D eigenvalue weighted by atomic mass is 10.1. The number of imidazole rings is 1. The zero-order chi connectivity index (χ0) is 11.8. The van der Waals surface area contributed by atoms with E-state index in [0.717, 1.165) is 32.5 Å². The zero-order valence-corrected chi connectivity index (χ0v) is 10.5. The largest absolute Gasteiger partial charge is 0.391 e. The maximum absolute atomic E-state index is 9.78. The van der Waals surface area contributed by atoms with Gasteiger partial charge in [0, 0.05) is 24.4 Å². The van der Waals surface area contributed by atoms with E-state index in [1.165, 1.54) is 24.5 Å². The van der Waals surface area contributed by atoms with Crippen LogP contribution in [0.3, 0.4) is 0 Å². The van der Waals surface area contributed by atoms with Crippen molar-refractivity contribution in [3.63, 3.8) is 0 Å². The van der Waals surface area contributed by atoms with Crippen molar-refractivity contribution in [2.45, 2.75) is 44.8 Å². The van der Waals surface area contributed by atoms with E-state index in [2.05, 4.69) is 21.4 Å². The van der Waals surface area contributed by atoms with E-state index in [1.807, 2.05) is 6.20 Å². The normalized spacial score (nSPS) is 29.5. The minimum atomic E-state index is -0.181. The van der Waals surface area contributed by atoms with Gasteiger partial charge in [-0.15, -0.1) is 0 Å². The van der Waals surface area contributed by atoms with E-state index in [4.69, 9.17) is 0 Å². The Hall–Kier alpha value is -0.870. The lowest BCUT2D eigenvalue weighted by Crippen LogP contribution is -2.27. The number of aliphatic hydroxyl groups is 1. The highest BCUT2D eigenvalue weighted by atomic mass is 16.3. The molecule has 0 radical (unpaired) electrons. The van der Waals surface area contributed by atoms with Gasteiger partial charge in [-0.1, -0.05) is 6.92 Å². The molecule has 1 N–H and O–H groups in total. The van der Waals surface area contributed by atoms with Crippen LogP contribution in [-0.4, -0.2) is 45.3 Å². The van der Waals surface area contributed by atoms with Gasteiger partial charge in [-0.25, -0.2) is 4.98 Å². The lowest BCUT2D eigenvalue weighted by Gasteiger charge is -2.23. The Labute approximate surface area is 102 Å². The van der Waals surface area contributed by atoms with Crippen molar-refractivity contribution in [2.24, 2.45) is 0 Å². The maximum atomic E-state index is 9.78. The summed E-state index contributed by atoms with van der Waals surface area (Å²) in [5, 5.41) is 9.78. The minimum absolute atomic E-state index is 0.181. The summed E-state index contributed by atoms with van der Waals surface area (Å²) >= 11 is 0. The Kier molecular flexibility index (Phi) is 2.92. The number of hydrogen-bond donors (Lipinski definition) is 1. The third-order valence-corrected chi connectivity index (χ3v) is 4.18. The fourth-order valence-electron chi connectivity index (χ4n) is 3.11. The van der Waals surface area contributed by atoms with Crippen LogP contribution in [0.2, 0.25) is 0 Å². The highest BCUT2D eigenvalue weighted by molar-refractivity contribution is 5.14. The molecule has 2 atom stereocenters. The molecule has 0 aliphatic carbocycles. The fraction of sp³-hybridized carbons (Fsp3) is 0.769. The van der Waals surface area contributed by atoms with Gasteiger partial charge in [-0.3, -0.25) is 0 Å². The lowest BCUT2D eigenvalue weighted by molar-refractivity contribution is 0.129. The van der Waals surface area contributed by atoms with Gasteiger partial charge in [0.1, 0.15) is 5.82 Å². The standard InChI is InChI=1S/C13H21N3O/c1-2-15-6-5-10(8-15)13-14-7-11-3-4-12(17)9-16(11)13/h7,10,12,17H,2-6,8-9H2,1H3. The molecular weight excluding hydrogens is 214 g/mol. The van der Waals surface area contributed by atoms with Crippen LogP contribution in [0.5, 0.6) is 0 Å². The topological polar surface area (TPSA) is 41.3 Å². The van der Waals surface area contributed by atoms with Crippen molar-refractivity contribution < 1.29 is 5.11 Å². The molecule has 4 nitrogen and oxygen atoms in total. The molecule has 2 aliphatic heterocycles. The molecule has 0 spiro atoms. The summed E-state index contributed by atoms with van der Waals surface area (Å²) in [6.45, 7) is 6.40. The molecule has 1 fully saturated rings. The predicted molar refractivity (Wildman–Crippen MR) is 66.0 cm³/mol. The second-order valence-corrected chi connectivity index (χ2v) is 5.29. The Morgan fingerprint density at radius 3 is 3.06 bits per heavy atom. The molecule has 0 saturated carbocycles. The summed E-state index contributed by atoms with van der Waals surface area (Å²) in [7, 11) is 0. The summed E-state index contributed by atoms with van der Waals surface area (Å²) in [6, 6.07) is 0. The molecule has 17 heavy (non-hydrogen) atoms. The van der Waals surface area contributed by atoms with Gasteiger partial charge in [0.2, 0.25) is 0 Å². The molecule has 2 aliphatic rings. The van der Waals surface area contributed by atoms with Crippen LogP contribution in [0.1, 0.15) is 37.2 Å². The van der Waals surface area contributed by atoms with Crippen molar-refractivity contribution in [1.29, 1.82) is 0 Å². The maximum Gasteiger partial charge on any atom is 0.113 e. The Morgan fingerprint density at radius 2 is 2.29 bits per heavy atom. The summed E-state index contributed by atoms with van der Waals surface area (Å²) in [5.74, 6) is 1.77. The molecule has 2 unspecified atom stereocenters. The van der Waals surface area contributed by atoms with Crippen LogP contribution in [0.15, 0.2) is 6.20 Å². The van der Waals surface area contributed by atoms with Gasteiger partial charge in [0.25, 0.3) is 0 Å². The number of hydrogen-bond acceptors (Lipinski definition) is 3. The van der Waals surface area contributed by atoms with Crippen LogP contribution in [0, 0.1) is 0 Å². The van der Waals surface area contributed by atoms with E-state index in [-0.39, 0.29) is 6.10 Å². The van der Waals surface area contributed by atoms with Crippen LogP contribution < -0.4 is 0 Å². The number of likely N-dealkylation sites (tertiary alicyclic amines) is 1. The van der Waals surface area contributed by atoms with Crippen LogP contribution in [-0.2, 0) is 13.0 Å². The van der Waals surface area contributed by atoms with Crippen molar-refractivity contribution in [3.8, 4) is 0 Å². The molecule has 0 bridgehead atoms. The summed E-state index contributed by atoms with van der Waals surface area (Å²) in [5.41, 5.74) is 1.31. The number of aliphatic hydroxyl groups excluding tert-OH is 1. The first-order chi connectivity index (χ1) is 8.28. The number of likely N-dealkylation sites (N-methyl/N-ethyl adjacent to an activating group) is 1. The summed E-state index contributed by atoms with van der Waals surface area (Å²) < 4.78 is 2.26. The molecular formula is C13H21N3O. The fourth-order valence-corrected chi connectivity index (χ4v) is 3.11. The zero-order valence-electron chi connectivity index (χ0n) is 10.5. The third-order valence-electron chi connectivity index (χ3n) is 4.18. The summed E-state index contributed by atoms with van der Waals surface area (Å²) in [6.07, 6.45) is 4.89. The first-order valence-corrected chi connectivity index (χ1v) is 6.72. The number of fused-ring (bicyclic) bond motifs is 1. The average molecular weight is 235 g/mol. The smallest absolute Gasteiger partial charge is 0.113 e. The third kappa shape index (κ3) is 2.00. The number of aryl methyl sites for hydroxylation is 1. The molecule has 4 heteroatoms. The van der Waals surface area contributed by atoms with E-state index >= 15 is 0 Å². The molecule has 94 valence electrons. The van der Waals surface area contributed by atoms with E-state index < -0.39 is 0 Å². The SMILES string of the molecule is CCN1CCC(c2ncc3n2CC(O)CC3)C1. The second-order valence-electron chi connectivity index (χ2n) is 5.29. The molecule has 1 saturated heterocycles. The van der Waals surface area contributed by atoms with Crippen molar-refractivity contribution >= 4 is 0 Å². The van der Waals surface area contributed by atoms with Gasteiger partial charge >= 0.3 is 0 Å². The Balaban J connectivity index is 1.82. The van der Waals surface area contributed by atoms with Gasteiger partial charge < -0.3 is 14.6 Å². The molecule has 1 aromatic rings. The molecule has 3 rings (SSSR count). The Bertz CT molecular complexity index is 401. The van der Waals surface area contributed by atoms with E-state index in [9.17, 15) is 5.11 Å². The number of rotatable bonds is 2.